The minimum absolute atomic E-state index is 0.457. The normalized spacial score (nSPS) is 14.8. The Bertz CT molecular complexity index is 581. The van der Waals surface area contributed by atoms with E-state index in [2.05, 4.69) is 30.9 Å². The van der Waals surface area contributed by atoms with Gasteiger partial charge in [-0.2, -0.15) is 0 Å². The van der Waals surface area contributed by atoms with Gasteiger partial charge in [-0.25, -0.2) is 0 Å². The summed E-state index contributed by atoms with van der Waals surface area (Å²) in [5.41, 5.74) is 0. The molecule has 2 aromatic carbocycles. The summed E-state index contributed by atoms with van der Waals surface area (Å²) in [6.45, 7) is 0.718. The number of rotatable bonds is 7. The van der Waals surface area contributed by atoms with Crippen molar-refractivity contribution < 1.29 is 9.05 Å². The maximum absolute atomic E-state index is 6.12. The number of hydrogen-bond acceptors (Lipinski definition) is 2. The molecule has 6 heteroatoms. The number of benzene rings is 2. The molecule has 0 fully saturated rings. The Labute approximate surface area is 137 Å². The fraction of sp³-hybridized carbons (Fsp3) is 0.250. The first-order valence-electron chi connectivity index (χ1n) is 7.12. The van der Waals surface area contributed by atoms with Crippen molar-refractivity contribution in [1.82, 2.24) is 0 Å². The molecule has 0 heterocycles. The van der Waals surface area contributed by atoms with Crippen molar-refractivity contribution in [2.45, 2.75) is 0 Å². The average molecular weight is 329 g/mol. The monoisotopic (exact) mass is 329 g/mol. The van der Waals surface area contributed by atoms with Gasteiger partial charge in [0.25, 0.3) is 0 Å². The van der Waals surface area contributed by atoms with E-state index < -0.39 is 14.9 Å². The van der Waals surface area contributed by atoms with E-state index in [4.69, 9.17) is 16.8 Å². The molecular weight excluding hydrogens is 308 g/mol. The van der Waals surface area contributed by atoms with E-state index in [-0.39, 0.29) is 0 Å². The van der Waals surface area contributed by atoms with Gasteiger partial charge in [-0.05, 0) is 0 Å². The quantitative estimate of drug-likeness (QED) is 0.574. The topological polar surface area (TPSA) is 18.5 Å². The second kappa shape index (κ2) is 7.28. The SMILES string of the molecule is [B][B]P(CP(C)c1ccccc1)(OC)(OC)c1ccccc1. The van der Waals surface area contributed by atoms with Gasteiger partial charge in [0.15, 0.2) is 0 Å². The van der Waals surface area contributed by atoms with Crippen molar-refractivity contribution in [2.24, 2.45) is 0 Å². The molecule has 3 radical (unpaired) electrons. The molecule has 113 valence electrons. The van der Waals surface area contributed by atoms with Crippen LogP contribution in [0.2, 0.25) is 0 Å². The molecule has 2 aromatic rings. The van der Waals surface area contributed by atoms with Crippen molar-refractivity contribution in [2.75, 3.05) is 26.8 Å². The zero-order valence-electron chi connectivity index (χ0n) is 13.3. The Balaban J connectivity index is 2.46. The van der Waals surface area contributed by atoms with Crippen LogP contribution in [0.5, 0.6) is 0 Å². The molecule has 0 aromatic heterocycles. The van der Waals surface area contributed by atoms with Gasteiger partial charge in [0.2, 0.25) is 0 Å². The molecule has 0 bridgehead atoms. The van der Waals surface area contributed by atoms with Crippen LogP contribution in [0.25, 0.3) is 0 Å². The predicted molar refractivity (Wildman–Crippen MR) is 102 cm³/mol. The molecule has 0 saturated heterocycles. The van der Waals surface area contributed by atoms with Gasteiger partial charge in [0.1, 0.15) is 0 Å². The third-order valence-electron chi connectivity index (χ3n) is 4.08. The summed E-state index contributed by atoms with van der Waals surface area (Å²) in [5.74, 6) is 0.776. The Morgan fingerprint density at radius 2 is 1.45 bits per heavy atom. The van der Waals surface area contributed by atoms with Crippen molar-refractivity contribution in [3.8, 4) is 0 Å². The Hall–Kier alpha value is -0.650. The average Bonchev–Trinajstić information content (AvgIpc) is 2.62. The van der Waals surface area contributed by atoms with E-state index in [1.54, 1.807) is 21.1 Å². The molecular formula is C16H21B2O2P2. The van der Waals surface area contributed by atoms with Crippen LogP contribution in [0.4, 0.5) is 0 Å². The first-order valence-corrected chi connectivity index (χ1v) is 11.4. The molecule has 2 nitrogen and oxygen atoms in total. The van der Waals surface area contributed by atoms with Crippen molar-refractivity contribution in [1.29, 1.82) is 0 Å². The summed E-state index contributed by atoms with van der Waals surface area (Å²) < 4.78 is 12.1. The molecule has 0 N–H and O–H groups in total. The van der Waals surface area contributed by atoms with Gasteiger partial charge in [0.05, 0.1) is 0 Å². The Kier molecular flexibility index (Phi) is 5.86. The van der Waals surface area contributed by atoms with Gasteiger partial charge in [0, 0.05) is 0 Å². The summed E-state index contributed by atoms with van der Waals surface area (Å²) in [4.78, 5) is 0. The molecule has 1 atom stereocenters. The van der Waals surface area contributed by atoms with Gasteiger partial charge in [-0.3, -0.25) is 0 Å². The van der Waals surface area contributed by atoms with E-state index in [0.29, 0.717) is 0 Å². The van der Waals surface area contributed by atoms with Crippen LogP contribution in [0.1, 0.15) is 0 Å². The van der Waals surface area contributed by atoms with Crippen LogP contribution in [-0.4, -0.2) is 41.4 Å². The molecule has 0 spiro atoms. The fourth-order valence-electron chi connectivity index (χ4n) is 2.64. The van der Waals surface area contributed by atoms with E-state index in [9.17, 15) is 0 Å². The fourth-order valence-corrected chi connectivity index (χ4v) is 10.9. The standard InChI is InChI=1S/C16H21B2O2P2/c1-19-22(18-17,20-2,16-12-8-5-9-13-16)14-21(3)15-10-6-4-7-11-15/h4-13H,14H2,1-3H3. The third-order valence-corrected chi connectivity index (χ3v) is 12.7. The molecule has 0 aliphatic carbocycles. The first-order chi connectivity index (χ1) is 10.6. The summed E-state index contributed by atoms with van der Waals surface area (Å²) in [6, 6.07) is 20.6. The zero-order chi connectivity index (χ0) is 16.1. The summed E-state index contributed by atoms with van der Waals surface area (Å²) in [6.07, 6.45) is 0. The molecule has 1 unspecified atom stereocenters. The van der Waals surface area contributed by atoms with Crippen LogP contribution < -0.4 is 10.6 Å². The van der Waals surface area contributed by atoms with E-state index in [0.717, 1.165) is 11.2 Å². The van der Waals surface area contributed by atoms with Gasteiger partial charge in [-0.1, -0.05) is 0 Å². The predicted octanol–water partition coefficient (Wildman–Crippen LogP) is 3.09. The molecule has 0 saturated carbocycles. The number of hydrogen-bond donors (Lipinski definition) is 0. The van der Waals surface area contributed by atoms with Crippen molar-refractivity contribution in [3.05, 3.63) is 60.7 Å². The first kappa shape index (κ1) is 17.7. The van der Waals surface area contributed by atoms with Crippen LogP contribution in [0.15, 0.2) is 60.7 Å². The van der Waals surface area contributed by atoms with E-state index in [1.807, 2.05) is 36.4 Å². The summed E-state index contributed by atoms with van der Waals surface area (Å²) in [7, 11) is 9.06. The maximum atomic E-state index is 6.12. The van der Waals surface area contributed by atoms with Crippen LogP contribution in [-0.2, 0) is 9.05 Å². The summed E-state index contributed by atoms with van der Waals surface area (Å²) >= 11 is 0. The molecule has 2 rings (SSSR count). The Morgan fingerprint density at radius 1 is 0.955 bits per heavy atom. The van der Waals surface area contributed by atoms with E-state index >= 15 is 0 Å². The molecule has 22 heavy (non-hydrogen) atoms. The van der Waals surface area contributed by atoms with Crippen molar-refractivity contribution >= 4 is 40.1 Å². The zero-order valence-corrected chi connectivity index (χ0v) is 15.1. The molecule has 0 aliphatic heterocycles. The second-order valence-corrected chi connectivity index (χ2v) is 12.2. The molecule has 0 amide bonds. The van der Waals surface area contributed by atoms with Crippen LogP contribution in [0.3, 0.4) is 0 Å². The van der Waals surface area contributed by atoms with Crippen molar-refractivity contribution in [3.63, 3.8) is 0 Å². The Morgan fingerprint density at radius 3 is 1.91 bits per heavy atom. The van der Waals surface area contributed by atoms with Crippen LogP contribution in [0, 0.1) is 0 Å². The van der Waals surface area contributed by atoms with Crippen LogP contribution >= 0.6 is 14.9 Å². The molecule has 0 aliphatic rings. The van der Waals surface area contributed by atoms with Gasteiger partial charge in [-0.15, -0.1) is 0 Å². The third kappa shape index (κ3) is 3.17. The minimum atomic E-state index is -3.20. The second-order valence-electron chi connectivity index (χ2n) is 5.22. The van der Waals surface area contributed by atoms with E-state index in [1.165, 1.54) is 5.30 Å². The van der Waals surface area contributed by atoms with Gasteiger partial charge < -0.3 is 0 Å². The van der Waals surface area contributed by atoms with Gasteiger partial charge >= 0.3 is 137 Å². The summed E-state index contributed by atoms with van der Waals surface area (Å²) in [5, 5.41) is 2.35.